The zero-order valence-electron chi connectivity index (χ0n) is 6.39. The fourth-order valence-corrected chi connectivity index (χ4v) is 0.572. The van der Waals surface area contributed by atoms with Crippen LogP contribution < -0.4 is 0 Å². The van der Waals surface area contributed by atoms with Crippen LogP contribution in [0.5, 0.6) is 0 Å². The van der Waals surface area contributed by atoms with Crippen molar-refractivity contribution in [2.24, 2.45) is 5.41 Å². The van der Waals surface area contributed by atoms with Crippen LogP contribution in [0.25, 0.3) is 5.53 Å². The quantitative estimate of drug-likeness (QED) is 0.315. The molecule has 0 heterocycles. The minimum Gasteiger partial charge on any atom is -0.362 e. The molecule has 9 heavy (non-hydrogen) atoms. The Kier molecular flexibility index (Phi) is 3.18. The van der Waals surface area contributed by atoms with Gasteiger partial charge >= 0.3 is 0 Å². The summed E-state index contributed by atoms with van der Waals surface area (Å²) in [6.45, 7) is 6.25. The standard InChI is InChI=1S/C7H14N2/c1-4-7(3,5-2)6-9-8/h6H,4-5H2,1-3H3. The first-order valence-corrected chi connectivity index (χ1v) is 3.37. The third kappa shape index (κ3) is 2.43. The molecule has 0 aromatic heterocycles. The van der Waals surface area contributed by atoms with Crippen LogP contribution in [0, 0.1) is 5.41 Å². The predicted octanol–water partition coefficient (Wildman–Crippen LogP) is 2.11. The molecule has 0 aliphatic heterocycles. The van der Waals surface area contributed by atoms with Gasteiger partial charge in [0.05, 0.1) is 5.41 Å². The van der Waals surface area contributed by atoms with Gasteiger partial charge in [0.1, 0.15) is 0 Å². The topological polar surface area (TPSA) is 36.4 Å². The van der Waals surface area contributed by atoms with Gasteiger partial charge in [0.2, 0.25) is 0 Å². The van der Waals surface area contributed by atoms with E-state index in [-0.39, 0.29) is 5.41 Å². The zero-order chi connectivity index (χ0) is 7.33. The lowest BCUT2D eigenvalue weighted by Crippen LogP contribution is -2.15. The van der Waals surface area contributed by atoms with Gasteiger partial charge in [-0.1, -0.05) is 13.8 Å². The highest BCUT2D eigenvalue weighted by Crippen LogP contribution is 2.20. The lowest BCUT2D eigenvalue weighted by molar-refractivity contribution is -0.00962. The Morgan fingerprint density at radius 2 is 1.89 bits per heavy atom. The van der Waals surface area contributed by atoms with Crippen molar-refractivity contribution >= 4 is 6.21 Å². The Morgan fingerprint density at radius 1 is 1.44 bits per heavy atom. The molecule has 0 rings (SSSR count). The van der Waals surface area contributed by atoms with E-state index in [2.05, 4.69) is 25.6 Å². The summed E-state index contributed by atoms with van der Waals surface area (Å²) in [7, 11) is 0. The molecule has 2 nitrogen and oxygen atoms in total. The smallest absolute Gasteiger partial charge is 0.263 e. The molecule has 0 radical (unpaired) electrons. The van der Waals surface area contributed by atoms with Crippen molar-refractivity contribution in [3.63, 3.8) is 0 Å². The first kappa shape index (κ1) is 8.38. The number of nitrogens with zero attached hydrogens (tertiary/aromatic N) is 2. The molecule has 0 saturated heterocycles. The van der Waals surface area contributed by atoms with E-state index in [1.54, 1.807) is 6.21 Å². The Labute approximate surface area is 56.5 Å². The Balaban J connectivity index is 4.08. The average molecular weight is 126 g/mol. The lowest BCUT2D eigenvalue weighted by atomic mass is 9.86. The Bertz CT molecular complexity index is 119. The maximum absolute atomic E-state index is 8.23. The van der Waals surface area contributed by atoms with Crippen molar-refractivity contribution < 1.29 is 4.79 Å². The van der Waals surface area contributed by atoms with E-state index in [1.165, 1.54) is 0 Å². The molecule has 2 heteroatoms. The molecule has 0 aliphatic carbocycles. The van der Waals surface area contributed by atoms with Crippen LogP contribution in [0.1, 0.15) is 33.6 Å². The van der Waals surface area contributed by atoms with Crippen LogP contribution in [0.15, 0.2) is 0 Å². The highest BCUT2D eigenvalue weighted by Gasteiger charge is 2.20. The fourth-order valence-electron chi connectivity index (χ4n) is 0.572. The van der Waals surface area contributed by atoms with E-state index in [4.69, 9.17) is 5.53 Å². The van der Waals surface area contributed by atoms with Gasteiger partial charge in [0, 0.05) is 0 Å². The molecular weight excluding hydrogens is 112 g/mol. The minimum absolute atomic E-state index is 0.0920. The summed E-state index contributed by atoms with van der Waals surface area (Å²) in [5, 5.41) is 0. The fraction of sp³-hybridized carbons (Fsp3) is 0.857. The SMILES string of the molecule is CCC(C)(C=[N+]=[N-])CC. The van der Waals surface area contributed by atoms with Gasteiger partial charge in [-0.2, -0.15) is 4.79 Å². The van der Waals surface area contributed by atoms with Crippen LogP contribution >= 0.6 is 0 Å². The lowest BCUT2D eigenvalue weighted by Gasteiger charge is -2.13. The number of hydrogen-bond acceptors (Lipinski definition) is 0. The molecule has 0 aliphatic rings. The zero-order valence-corrected chi connectivity index (χ0v) is 6.39. The van der Waals surface area contributed by atoms with Crippen LogP contribution in [0.2, 0.25) is 0 Å². The summed E-state index contributed by atoms with van der Waals surface area (Å²) >= 11 is 0. The first-order chi connectivity index (χ1) is 4.18. The molecule has 0 saturated carbocycles. The van der Waals surface area contributed by atoms with Gasteiger partial charge in [-0.25, -0.2) is 0 Å². The molecule has 52 valence electrons. The second-order valence-corrected chi connectivity index (χ2v) is 2.61. The van der Waals surface area contributed by atoms with Crippen molar-refractivity contribution in [1.82, 2.24) is 0 Å². The summed E-state index contributed by atoms with van der Waals surface area (Å²) in [6.07, 6.45) is 3.65. The summed E-state index contributed by atoms with van der Waals surface area (Å²) < 4.78 is 0. The van der Waals surface area contributed by atoms with E-state index >= 15 is 0 Å². The molecule has 0 atom stereocenters. The highest BCUT2D eigenvalue weighted by atomic mass is 14.8. The van der Waals surface area contributed by atoms with Crippen molar-refractivity contribution in [3.8, 4) is 0 Å². The molecule has 0 amide bonds. The van der Waals surface area contributed by atoms with E-state index in [0.717, 1.165) is 12.8 Å². The molecular formula is C7H14N2. The second kappa shape index (κ2) is 3.41. The normalized spacial score (nSPS) is 10.6. The van der Waals surface area contributed by atoms with Gasteiger partial charge in [-0.05, 0) is 19.8 Å². The van der Waals surface area contributed by atoms with Crippen molar-refractivity contribution in [1.29, 1.82) is 0 Å². The van der Waals surface area contributed by atoms with Crippen LogP contribution in [-0.2, 0) is 0 Å². The molecule has 0 aromatic carbocycles. The molecule has 0 unspecified atom stereocenters. The van der Waals surface area contributed by atoms with Crippen molar-refractivity contribution in [2.45, 2.75) is 33.6 Å². The summed E-state index contributed by atoms with van der Waals surface area (Å²) in [6, 6.07) is 0. The highest BCUT2D eigenvalue weighted by molar-refractivity contribution is 5.58. The van der Waals surface area contributed by atoms with Gasteiger partial charge in [-0.3, -0.25) is 0 Å². The summed E-state index contributed by atoms with van der Waals surface area (Å²) in [4.78, 5) is 3.02. The van der Waals surface area contributed by atoms with E-state index < -0.39 is 0 Å². The van der Waals surface area contributed by atoms with Gasteiger partial charge in [0.25, 0.3) is 6.21 Å². The van der Waals surface area contributed by atoms with Crippen LogP contribution in [-0.4, -0.2) is 11.0 Å². The molecule has 0 N–H and O–H groups in total. The summed E-state index contributed by atoms with van der Waals surface area (Å²) in [5.74, 6) is 0. The number of rotatable bonds is 3. The summed E-state index contributed by atoms with van der Waals surface area (Å²) in [5.41, 5.74) is 8.33. The van der Waals surface area contributed by atoms with Crippen LogP contribution in [0.3, 0.4) is 0 Å². The van der Waals surface area contributed by atoms with Gasteiger partial charge in [-0.15, -0.1) is 0 Å². The predicted molar refractivity (Wildman–Crippen MR) is 38.4 cm³/mol. The van der Waals surface area contributed by atoms with Crippen molar-refractivity contribution in [3.05, 3.63) is 5.53 Å². The molecule has 0 spiro atoms. The third-order valence-electron chi connectivity index (χ3n) is 1.98. The molecule has 0 aromatic rings. The van der Waals surface area contributed by atoms with E-state index in [9.17, 15) is 0 Å². The first-order valence-electron chi connectivity index (χ1n) is 3.37. The van der Waals surface area contributed by atoms with E-state index in [0.29, 0.717) is 0 Å². The monoisotopic (exact) mass is 126 g/mol. The van der Waals surface area contributed by atoms with Gasteiger partial charge in [0.15, 0.2) is 0 Å². The average Bonchev–Trinajstić information content (AvgIpc) is 1.89. The molecule has 0 bridgehead atoms. The third-order valence-corrected chi connectivity index (χ3v) is 1.98. The van der Waals surface area contributed by atoms with Crippen LogP contribution in [0.4, 0.5) is 0 Å². The largest absolute Gasteiger partial charge is 0.362 e. The van der Waals surface area contributed by atoms with E-state index in [1.807, 2.05) is 0 Å². The molecule has 0 fully saturated rings. The van der Waals surface area contributed by atoms with Crippen molar-refractivity contribution in [2.75, 3.05) is 0 Å². The second-order valence-electron chi connectivity index (χ2n) is 2.61. The minimum atomic E-state index is 0.0920. The Morgan fingerprint density at radius 3 is 2.00 bits per heavy atom. The Hall–Kier alpha value is -0.620. The van der Waals surface area contributed by atoms with Gasteiger partial charge < -0.3 is 5.53 Å². The maximum atomic E-state index is 8.23. The number of hydrogen-bond donors (Lipinski definition) is 0. The maximum Gasteiger partial charge on any atom is 0.263 e.